The second-order valence-corrected chi connectivity index (χ2v) is 7.46. The van der Waals surface area contributed by atoms with Crippen LogP contribution in [0.3, 0.4) is 0 Å². The molecule has 106 valence electrons. The zero-order valence-corrected chi connectivity index (χ0v) is 12.8. The molecule has 1 saturated heterocycles. The molecule has 0 radical (unpaired) electrons. The molecular formula is C16H32N2. The highest BCUT2D eigenvalue weighted by Crippen LogP contribution is 2.55. The summed E-state index contributed by atoms with van der Waals surface area (Å²) in [6.45, 7) is 12.9. The Labute approximate surface area is 113 Å². The van der Waals surface area contributed by atoms with Gasteiger partial charge in [-0.05, 0) is 69.4 Å². The van der Waals surface area contributed by atoms with Crippen LogP contribution in [0.4, 0.5) is 0 Å². The van der Waals surface area contributed by atoms with Gasteiger partial charge in [0.2, 0.25) is 0 Å². The van der Waals surface area contributed by atoms with Crippen LogP contribution in [-0.2, 0) is 0 Å². The van der Waals surface area contributed by atoms with E-state index in [0.29, 0.717) is 5.41 Å². The molecule has 18 heavy (non-hydrogen) atoms. The molecule has 0 spiro atoms. The SMILES string of the molecule is CC(C)C1CCCN(C(C)(CN)C2(C)CC2)CC1. The third-order valence-corrected chi connectivity index (χ3v) is 6.11. The Morgan fingerprint density at radius 2 is 1.94 bits per heavy atom. The first kappa shape index (κ1) is 14.3. The zero-order chi connectivity index (χ0) is 13.4. The molecule has 2 fully saturated rings. The molecular weight excluding hydrogens is 220 g/mol. The predicted octanol–water partition coefficient (Wildman–Crippen LogP) is 3.26. The normalized spacial score (nSPS) is 32.0. The van der Waals surface area contributed by atoms with Crippen molar-refractivity contribution >= 4 is 0 Å². The first-order chi connectivity index (χ1) is 8.43. The predicted molar refractivity (Wildman–Crippen MR) is 78.6 cm³/mol. The molecule has 0 amide bonds. The maximum absolute atomic E-state index is 6.17. The molecule has 2 nitrogen and oxygen atoms in total. The molecule has 1 aliphatic carbocycles. The third kappa shape index (κ3) is 2.46. The van der Waals surface area contributed by atoms with Crippen molar-refractivity contribution in [1.82, 2.24) is 4.90 Å². The number of rotatable bonds is 4. The molecule has 2 heteroatoms. The minimum absolute atomic E-state index is 0.235. The Morgan fingerprint density at radius 1 is 1.28 bits per heavy atom. The van der Waals surface area contributed by atoms with Crippen LogP contribution in [0.15, 0.2) is 0 Å². The highest BCUT2D eigenvalue weighted by molar-refractivity contribution is 5.09. The number of hydrogen-bond donors (Lipinski definition) is 1. The van der Waals surface area contributed by atoms with Gasteiger partial charge in [0, 0.05) is 12.1 Å². The minimum Gasteiger partial charge on any atom is -0.329 e. The molecule has 0 aromatic carbocycles. The van der Waals surface area contributed by atoms with Gasteiger partial charge in [-0.15, -0.1) is 0 Å². The summed E-state index contributed by atoms with van der Waals surface area (Å²) in [6, 6.07) is 0. The molecule has 2 unspecified atom stereocenters. The fourth-order valence-corrected chi connectivity index (χ4v) is 3.77. The maximum atomic E-state index is 6.17. The highest BCUT2D eigenvalue weighted by atomic mass is 15.2. The van der Waals surface area contributed by atoms with E-state index in [2.05, 4.69) is 32.6 Å². The van der Waals surface area contributed by atoms with E-state index in [9.17, 15) is 0 Å². The first-order valence-corrected chi connectivity index (χ1v) is 7.88. The topological polar surface area (TPSA) is 29.3 Å². The smallest absolute Gasteiger partial charge is 0.0357 e. The van der Waals surface area contributed by atoms with Crippen LogP contribution in [0.2, 0.25) is 0 Å². The molecule has 1 aliphatic heterocycles. The van der Waals surface area contributed by atoms with Gasteiger partial charge in [0.15, 0.2) is 0 Å². The summed E-state index contributed by atoms with van der Waals surface area (Å²) in [5.41, 5.74) is 6.89. The van der Waals surface area contributed by atoms with Crippen molar-refractivity contribution in [2.45, 2.75) is 65.3 Å². The fraction of sp³-hybridized carbons (Fsp3) is 1.00. The van der Waals surface area contributed by atoms with Crippen LogP contribution in [-0.4, -0.2) is 30.1 Å². The van der Waals surface area contributed by atoms with Gasteiger partial charge in [-0.1, -0.05) is 20.8 Å². The van der Waals surface area contributed by atoms with Gasteiger partial charge in [0.05, 0.1) is 0 Å². The van der Waals surface area contributed by atoms with E-state index < -0.39 is 0 Å². The van der Waals surface area contributed by atoms with Gasteiger partial charge in [-0.3, -0.25) is 4.90 Å². The number of nitrogens with two attached hydrogens (primary N) is 1. The lowest BCUT2D eigenvalue weighted by atomic mass is 9.81. The lowest BCUT2D eigenvalue weighted by molar-refractivity contribution is 0.0491. The van der Waals surface area contributed by atoms with Crippen LogP contribution in [0.25, 0.3) is 0 Å². The summed E-state index contributed by atoms with van der Waals surface area (Å²) in [7, 11) is 0. The minimum atomic E-state index is 0.235. The quantitative estimate of drug-likeness (QED) is 0.832. The molecule has 2 atom stereocenters. The standard InChI is InChI=1S/C16H32N2/c1-13(2)14-6-5-10-18(11-7-14)16(4,12-17)15(3)8-9-15/h13-14H,5-12,17H2,1-4H3. The average molecular weight is 252 g/mol. The summed E-state index contributed by atoms with van der Waals surface area (Å²) in [5.74, 6) is 1.76. The highest BCUT2D eigenvalue weighted by Gasteiger charge is 2.54. The van der Waals surface area contributed by atoms with E-state index in [0.717, 1.165) is 18.4 Å². The van der Waals surface area contributed by atoms with Gasteiger partial charge in [-0.2, -0.15) is 0 Å². The molecule has 2 rings (SSSR count). The maximum Gasteiger partial charge on any atom is 0.0357 e. The van der Waals surface area contributed by atoms with E-state index in [1.165, 1.54) is 45.2 Å². The summed E-state index contributed by atoms with van der Waals surface area (Å²) < 4.78 is 0. The largest absolute Gasteiger partial charge is 0.329 e. The van der Waals surface area contributed by atoms with E-state index in [1.54, 1.807) is 0 Å². The Hall–Kier alpha value is -0.0800. The second kappa shape index (κ2) is 5.13. The number of nitrogens with zero attached hydrogens (tertiary/aromatic N) is 1. The summed E-state index contributed by atoms with van der Waals surface area (Å²) in [6.07, 6.45) is 6.86. The van der Waals surface area contributed by atoms with Crippen molar-refractivity contribution in [3.05, 3.63) is 0 Å². The van der Waals surface area contributed by atoms with E-state index in [4.69, 9.17) is 5.73 Å². The summed E-state index contributed by atoms with van der Waals surface area (Å²) in [5, 5.41) is 0. The van der Waals surface area contributed by atoms with Crippen molar-refractivity contribution in [3.63, 3.8) is 0 Å². The van der Waals surface area contributed by atoms with Crippen molar-refractivity contribution in [3.8, 4) is 0 Å². The lowest BCUT2D eigenvalue weighted by Crippen LogP contribution is -2.57. The number of hydrogen-bond acceptors (Lipinski definition) is 2. The molecule has 2 aliphatic rings. The zero-order valence-electron chi connectivity index (χ0n) is 12.8. The average Bonchev–Trinajstić information content (AvgIpc) is 3.11. The third-order valence-electron chi connectivity index (χ3n) is 6.11. The van der Waals surface area contributed by atoms with Gasteiger partial charge in [0.1, 0.15) is 0 Å². The van der Waals surface area contributed by atoms with Crippen LogP contribution >= 0.6 is 0 Å². The van der Waals surface area contributed by atoms with Crippen molar-refractivity contribution < 1.29 is 0 Å². The first-order valence-electron chi connectivity index (χ1n) is 7.88. The lowest BCUT2D eigenvalue weighted by Gasteiger charge is -2.45. The summed E-state index contributed by atoms with van der Waals surface area (Å²) in [4.78, 5) is 2.72. The molecule has 0 aromatic rings. The Bertz CT molecular complexity index is 283. The molecule has 1 saturated carbocycles. The Kier molecular flexibility index (Phi) is 4.08. The van der Waals surface area contributed by atoms with Gasteiger partial charge in [0.25, 0.3) is 0 Å². The second-order valence-electron chi connectivity index (χ2n) is 7.46. The van der Waals surface area contributed by atoms with Gasteiger partial charge >= 0.3 is 0 Å². The van der Waals surface area contributed by atoms with E-state index >= 15 is 0 Å². The summed E-state index contributed by atoms with van der Waals surface area (Å²) >= 11 is 0. The molecule has 2 N–H and O–H groups in total. The molecule has 1 heterocycles. The van der Waals surface area contributed by atoms with Crippen LogP contribution in [0.1, 0.15) is 59.8 Å². The molecule has 0 aromatic heterocycles. The van der Waals surface area contributed by atoms with Crippen LogP contribution in [0.5, 0.6) is 0 Å². The van der Waals surface area contributed by atoms with Crippen LogP contribution in [0, 0.1) is 17.3 Å². The Morgan fingerprint density at radius 3 is 2.44 bits per heavy atom. The monoisotopic (exact) mass is 252 g/mol. The van der Waals surface area contributed by atoms with Crippen LogP contribution < -0.4 is 5.73 Å². The van der Waals surface area contributed by atoms with Gasteiger partial charge in [-0.25, -0.2) is 0 Å². The number of likely N-dealkylation sites (tertiary alicyclic amines) is 1. The van der Waals surface area contributed by atoms with Crippen molar-refractivity contribution in [1.29, 1.82) is 0 Å². The van der Waals surface area contributed by atoms with Gasteiger partial charge < -0.3 is 5.73 Å². The van der Waals surface area contributed by atoms with E-state index in [1.807, 2.05) is 0 Å². The Balaban J connectivity index is 2.04. The molecule has 0 bridgehead atoms. The fourth-order valence-electron chi connectivity index (χ4n) is 3.77. The van der Waals surface area contributed by atoms with Crippen molar-refractivity contribution in [2.24, 2.45) is 23.0 Å². The van der Waals surface area contributed by atoms with Crippen molar-refractivity contribution in [2.75, 3.05) is 19.6 Å². The van der Waals surface area contributed by atoms with E-state index in [-0.39, 0.29) is 5.54 Å².